The minimum atomic E-state index is 0.117. The van der Waals surface area contributed by atoms with Crippen molar-refractivity contribution >= 4 is 38.8 Å². The van der Waals surface area contributed by atoms with Crippen molar-refractivity contribution in [3.8, 4) is 0 Å². The van der Waals surface area contributed by atoms with E-state index >= 15 is 0 Å². The van der Waals surface area contributed by atoms with Crippen LogP contribution >= 0.6 is 22.7 Å². The molecule has 1 aliphatic heterocycles. The number of piperazine rings is 1. The van der Waals surface area contributed by atoms with Gasteiger partial charge in [0, 0.05) is 26.2 Å². The van der Waals surface area contributed by atoms with Gasteiger partial charge >= 0.3 is 0 Å². The van der Waals surface area contributed by atoms with Gasteiger partial charge in [-0.05, 0) is 11.4 Å². The number of nitrogen functional groups attached to an aromatic ring is 1. The summed E-state index contributed by atoms with van der Waals surface area (Å²) in [5, 5.41) is 11.1. The Kier molecular flexibility index (Phi) is 3.34. The van der Waals surface area contributed by atoms with Crippen LogP contribution in [0.25, 0.3) is 0 Å². The molecule has 6 nitrogen and oxygen atoms in total. The lowest BCUT2D eigenvalue weighted by Gasteiger charge is -2.34. The molecule has 0 unspecified atom stereocenters. The molecule has 2 aromatic heterocycles. The summed E-state index contributed by atoms with van der Waals surface area (Å²) < 4.78 is 0. The first-order valence-corrected chi connectivity index (χ1v) is 7.60. The van der Waals surface area contributed by atoms with Crippen molar-refractivity contribution in [1.29, 1.82) is 0 Å². The number of carbonyl (C=O) groups is 1. The molecule has 0 atom stereocenters. The molecule has 2 N–H and O–H groups in total. The Labute approximate surface area is 118 Å². The second-order valence-corrected chi connectivity index (χ2v) is 6.11. The zero-order valence-electron chi connectivity index (χ0n) is 10.2. The Bertz CT molecular complexity index is 559. The molecule has 100 valence electrons. The van der Waals surface area contributed by atoms with Gasteiger partial charge in [0.15, 0.2) is 0 Å². The van der Waals surface area contributed by atoms with Crippen LogP contribution in [0.2, 0.25) is 0 Å². The minimum Gasteiger partial charge on any atom is -0.374 e. The number of aromatic nitrogens is 2. The zero-order valence-corrected chi connectivity index (χ0v) is 11.8. The number of hydrogen-bond donors (Lipinski definition) is 1. The predicted molar refractivity (Wildman–Crippen MR) is 76.8 cm³/mol. The molecule has 0 radical (unpaired) electrons. The lowest BCUT2D eigenvalue weighted by atomic mass is 10.3. The molecular weight excluding hydrogens is 282 g/mol. The van der Waals surface area contributed by atoms with Crippen LogP contribution in [-0.4, -0.2) is 47.2 Å². The van der Waals surface area contributed by atoms with Gasteiger partial charge in [0.1, 0.15) is 0 Å². The third-order valence-electron chi connectivity index (χ3n) is 3.00. The Morgan fingerprint density at radius 3 is 2.63 bits per heavy atom. The lowest BCUT2D eigenvalue weighted by Crippen LogP contribution is -2.48. The first kappa shape index (κ1) is 12.4. The van der Waals surface area contributed by atoms with E-state index in [4.69, 9.17) is 5.73 Å². The van der Waals surface area contributed by atoms with Crippen LogP contribution in [0.4, 0.5) is 10.3 Å². The standard InChI is InChI=1S/C11H13N5OS2/c12-10-13-14-11(19-10)16-5-3-15(4-6-16)9(17)8-2-1-7-18-8/h1-2,7H,3-6H2,(H2,12,13). The summed E-state index contributed by atoms with van der Waals surface area (Å²) >= 11 is 2.87. The summed E-state index contributed by atoms with van der Waals surface area (Å²) in [6.07, 6.45) is 0. The highest BCUT2D eigenvalue weighted by Gasteiger charge is 2.24. The van der Waals surface area contributed by atoms with Crippen molar-refractivity contribution in [2.75, 3.05) is 36.8 Å². The van der Waals surface area contributed by atoms with E-state index in [9.17, 15) is 4.79 Å². The van der Waals surface area contributed by atoms with E-state index in [-0.39, 0.29) is 5.91 Å². The zero-order chi connectivity index (χ0) is 13.2. The van der Waals surface area contributed by atoms with Gasteiger partial charge in [0.25, 0.3) is 5.91 Å². The van der Waals surface area contributed by atoms with Crippen molar-refractivity contribution < 1.29 is 4.79 Å². The van der Waals surface area contributed by atoms with Gasteiger partial charge in [0.2, 0.25) is 10.3 Å². The molecule has 8 heteroatoms. The lowest BCUT2D eigenvalue weighted by molar-refractivity contribution is 0.0751. The number of anilines is 2. The number of nitrogens with two attached hydrogens (primary N) is 1. The highest BCUT2D eigenvalue weighted by Crippen LogP contribution is 2.23. The number of rotatable bonds is 2. The van der Waals surface area contributed by atoms with Crippen LogP contribution in [0.3, 0.4) is 0 Å². The van der Waals surface area contributed by atoms with E-state index in [1.807, 2.05) is 22.4 Å². The fourth-order valence-electron chi connectivity index (χ4n) is 2.01. The number of amides is 1. The van der Waals surface area contributed by atoms with Crippen LogP contribution in [0.1, 0.15) is 9.67 Å². The maximum atomic E-state index is 12.2. The van der Waals surface area contributed by atoms with Crippen LogP contribution in [0.5, 0.6) is 0 Å². The topological polar surface area (TPSA) is 75.3 Å². The SMILES string of the molecule is Nc1nnc(N2CCN(C(=O)c3cccs3)CC2)s1. The van der Waals surface area contributed by atoms with Crippen LogP contribution in [0, 0.1) is 0 Å². The van der Waals surface area contributed by atoms with E-state index in [1.165, 1.54) is 22.7 Å². The van der Waals surface area contributed by atoms with Gasteiger partial charge in [0.05, 0.1) is 4.88 Å². The number of hydrogen-bond acceptors (Lipinski definition) is 7. The summed E-state index contributed by atoms with van der Waals surface area (Å²) in [5.41, 5.74) is 5.58. The van der Waals surface area contributed by atoms with E-state index in [1.54, 1.807) is 0 Å². The predicted octanol–water partition coefficient (Wildman–Crippen LogP) is 1.14. The number of nitrogens with zero attached hydrogens (tertiary/aromatic N) is 4. The summed E-state index contributed by atoms with van der Waals surface area (Å²) in [6.45, 7) is 2.95. The fraction of sp³-hybridized carbons (Fsp3) is 0.364. The van der Waals surface area contributed by atoms with Crippen LogP contribution in [-0.2, 0) is 0 Å². The van der Waals surface area contributed by atoms with Crippen molar-refractivity contribution in [3.05, 3.63) is 22.4 Å². The average Bonchev–Trinajstić information content (AvgIpc) is 3.09. The quantitative estimate of drug-likeness (QED) is 0.899. The van der Waals surface area contributed by atoms with E-state index in [0.717, 1.165) is 23.1 Å². The second kappa shape index (κ2) is 5.14. The summed E-state index contributed by atoms with van der Waals surface area (Å²) in [6, 6.07) is 3.77. The Morgan fingerprint density at radius 1 is 1.26 bits per heavy atom. The molecule has 1 aliphatic rings. The third-order valence-corrected chi connectivity index (χ3v) is 4.67. The van der Waals surface area contributed by atoms with Crippen molar-refractivity contribution in [1.82, 2.24) is 15.1 Å². The summed E-state index contributed by atoms with van der Waals surface area (Å²) in [4.78, 5) is 17.0. The maximum Gasteiger partial charge on any atom is 0.264 e. The van der Waals surface area contributed by atoms with E-state index in [2.05, 4.69) is 15.1 Å². The Balaban J connectivity index is 1.62. The number of carbonyl (C=O) groups excluding carboxylic acids is 1. The first-order valence-electron chi connectivity index (χ1n) is 5.91. The largest absolute Gasteiger partial charge is 0.374 e. The van der Waals surface area contributed by atoms with Crippen molar-refractivity contribution in [2.45, 2.75) is 0 Å². The Morgan fingerprint density at radius 2 is 2.05 bits per heavy atom. The third kappa shape index (κ3) is 2.54. The summed E-state index contributed by atoms with van der Waals surface area (Å²) in [7, 11) is 0. The molecule has 1 amide bonds. The molecule has 3 heterocycles. The van der Waals surface area contributed by atoms with Crippen molar-refractivity contribution in [3.63, 3.8) is 0 Å². The molecule has 0 aliphatic carbocycles. The Hall–Kier alpha value is -1.67. The molecule has 0 bridgehead atoms. The molecule has 0 spiro atoms. The molecule has 1 saturated heterocycles. The van der Waals surface area contributed by atoms with Gasteiger partial charge in [-0.1, -0.05) is 17.4 Å². The van der Waals surface area contributed by atoms with Gasteiger partial charge in [-0.15, -0.1) is 21.5 Å². The minimum absolute atomic E-state index is 0.117. The summed E-state index contributed by atoms with van der Waals surface area (Å²) in [5.74, 6) is 0.117. The van der Waals surface area contributed by atoms with Gasteiger partial charge in [-0.2, -0.15) is 0 Å². The highest BCUT2D eigenvalue weighted by atomic mass is 32.1. The highest BCUT2D eigenvalue weighted by molar-refractivity contribution is 7.18. The monoisotopic (exact) mass is 295 g/mol. The molecule has 1 fully saturated rings. The molecule has 0 saturated carbocycles. The van der Waals surface area contributed by atoms with E-state index in [0.29, 0.717) is 18.2 Å². The second-order valence-electron chi connectivity index (χ2n) is 4.18. The maximum absolute atomic E-state index is 12.2. The molecular formula is C11H13N5OS2. The average molecular weight is 295 g/mol. The van der Waals surface area contributed by atoms with Crippen LogP contribution < -0.4 is 10.6 Å². The fourth-order valence-corrected chi connectivity index (χ4v) is 3.36. The normalized spacial score (nSPS) is 15.8. The molecule has 0 aromatic carbocycles. The first-order chi connectivity index (χ1) is 9.24. The van der Waals surface area contributed by atoms with Gasteiger partial charge < -0.3 is 15.5 Å². The molecule has 2 aromatic rings. The molecule has 19 heavy (non-hydrogen) atoms. The smallest absolute Gasteiger partial charge is 0.264 e. The van der Waals surface area contributed by atoms with Gasteiger partial charge in [-0.3, -0.25) is 4.79 Å². The van der Waals surface area contributed by atoms with Crippen LogP contribution in [0.15, 0.2) is 17.5 Å². The van der Waals surface area contributed by atoms with Crippen molar-refractivity contribution in [2.24, 2.45) is 0 Å². The van der Waals surface area contributed by atoms with E-state index < -0.39 is 0 Å². The molecule has 3 rings (SSSR count). The number of thiophene rings is 1. The van der Waals surface area contributed by atoms with Gasteiger partial charge in [-0.25, -0.2) is 0 Å².